The third-order valence-corrected chi connectivity index (χ3v) is 5.13. The highest BCUT2D eigenvalue weighted by Crippen LogP contribution is 2.35. The van der Waals surface area contributed by atoms with E-state index < -0.39 is 5.41 Å². The fourth-order valence-electron chi connectivity index (χ4n) is 3.59. The fraction of sp³-hybridized carbons (Fsp3) is 0.333. The van der Waals surface area contributed by atoms with Crippen LogP contribution in [0.25, 0.3) is 0 Å². The summed E-state index contributed by atoms with van der Waals surface area (Å²) in [6.45, 7) is 1.42. The molecule has 5 nitrogen and oxygen atoms in total. The molecule has 2 N–H and O–H groups in total. The quantitative estimate of drug-likeness (QED) is 0.825. The van der Waals surface area contributed by atoms with Crippen molar-refractivity contribution >= 4 is 23.4 Å². The van der Waals surface area contributed by atoms with Gasteiger partial charge in [-0.2, -0.15) is 0 Å². The molecule has 0 aromatic heterocycles. The molecule has 6 heteroatoms. The number of carbonyl (C=O) groups excluding carboxylic acids is 2. The maximum atomic E-state index is 12.8. The maximum absolute atomic E-state index is 12.8. The summed E-state index contributed by atoms with van der Waals surface area (Å²) in [7, 11) is 0. The van der Waals surface area contributed by atoms with E-state index in [9.17, 15) is 9.59 Å². The monoisotopic (exact) mass is 386 g/mol. The van der Waals surface area contributed by atoms with Crippen LogP contribution in [0.15, 0.2) is 54.6 Å². The van der Waals surface area contributed by atoms with Gasteiger partial charge in [0.25, 0.3) is 5.91 Å². The minimum absolute atomic E-state index is 0.0318. The topological polar surface area (TPSA) is 72.6 Å². The smallest absolute Gasteiger partial charge is 0.253 e. The summed E-state index contributed by atoms with van der Waals surface area (Å²) in [6.07, 6.45) is 1.76. The van der Waals surface area contributed by atoms with Gasteiger partial charge < -0.3 is 15.4 Å². The van der Waals surface area contributed by atoms with Gasteiger partial charge in [-0.25, -0.2) is 0 Å². The van der Waals surface area contributed by atoms with E-state index in [-0.39, 0.29) is 18.2 Å². The highest BCUT2D eigenvalue weighted by atomic mass is 35.5. The van der Waals surface area contributed by atoms with Crippen molar-refractivity contribution in [1.29, 1.82) is 0 Å². The van der Waals surface area contributed by atoms with E-state index in [2.05, 4.69) is 0 Å². The predicted molar refractivity (Wildman–Crippen MR) is 105 cm³/mol. The Morgan fingerprint density at radius 3 is 2.48 bits per heavy atom. The lowest BCUT2D eigenvalue weighted by atomic mass is 9.77. The second-order valence-electron chi connectivity index (χ2n) is 7.08. The predicted octanol–water partition coefficient (Wildman–Crippen LogP) is 3.52. The van der Waals surface area contributed by atoms with E-state index in [1.165, 1.54) is 0 Å². The Balaban J connectivity index is 1.75. The molecule has 142 valence electrons. The van der Waals surface area contributed by atoms with Crippen LogP contribution in [0.5, 0.6) is 5.75 Å². The van der Waals surface area contributed by atoms with Gasteiger partial charge in [-0.05, 0) is 49.2 Å². The average Bonchev–Trinajstić information content (AvgIpc) is 2.67. The molecular weight excluding hydrogens is 364 g/mol. The molecule has 3 rings (SSSR count). The molecule has 1 aliphatic rings. The summed E-state index contributed by atoms with van der Waals surface area (Å²) < 4.78 is 5.93. The van der Waals surface area contributed by atoms with Crippen molar-refractivity contribution in [2.45, 2.75) is 19.3 Å². The SMILES string of the molecule is NC(=O)CC1(COc2ccc(Cl)cc2)CCCN(C(=O)c2ccccc2)C1. The van der Waals surface area contributed by atoms with Crippen molar-refractivity contribution in [3.8, 4) is 5.75 Å². The highest BCUT2D eigenvalue weighted by Gasteiger charge is 2.39. The molecule has 1 aliphatic heterocycles. The van der Waals surface area contributed by atoms with Gasteiger partial charge in [0.15, 0.2) is 0 Å². The van der Waals surface area contributed by atoms with Gasteiger partial charge >= 0.3 is 0 Å². The summed E-state index contributed by atoms with van der Waals surface area (Å²) in [5.41, 5.74) is 5.67. The number of nitrogens with zero attached hydrogens (tertiary/aromatic N) is 1. The number of halogens is 1. The van der Waals surface area contributed by atoms with Crippen molar-refractivity contribution in [1.82, 2.24) is 4.90 Å². The molecule has 1 heterocycles. The molecule has 0 radical (unpaired) electrons. The van der Waals surface area contributed by atoms with Gasteiger partial charge in [0, 0.05) is 35.5 Å². The standard InChI is InChI=1S/C21H23ClN2O3/c22-17-7-9-18(10-8-17)27-15-21(13-19(23)25)11-4-12-24(14-21)20(26)16-5-2-1-3-6-16/h1-3,5-10H,4,11-15H2,(H2,23,25). The summed E-state index contributed by atoms with van der Waals surface area (Å²) >= 11 is 5.91. The molecular formula is C21H23ClN2O3. The van der Waals surface area contributed by atoms with Crippen molar-refractivity contribution in [2.75, 3.05) is 19.7 Å². The van der Waals surface area contributed by atoms with Gasteiger partial charge in [-0.15, -0.1) is 0 Å². The molecule has 27 heavy (non-hydrogen) atoms. The van der Waals surface area contributed by atoms with E-state index in [1.54, 1.807) is 41.3 Å². The van der Waals surface area contributed by atoms with Crippen molar-refractivity contribution in [2.24, 2.45) is 11.1 Å². The first-order valence-electron chi connectivity index (χ1n) is 8.98. The number of primary amides is 1. The van der Waals surface area contributed by atoms with E-state index in [0.717, 1.165) is 12.8 Å². The Morgan fingerprint density at radius 2 is 1.81 bits per heavy atom. The summed E-state index contributed by atoms with van der Waals surface area (Å²) in [6, 6.07) is 16.3. The molecule has 1 atom stereocenters. The minimum Gasteiger partial charge on any atom is -0.493 e. The molecule has 1 fully saturated rings. The molecule has 2 aromatic carbocycles. The highest BCUT2D eigenvalue weighted by molar-refractivity contribution is 6.30. The summed E-state index contributed by atoms with van der Waals surface area (Å²) in [5, 5.41) is 0.631. The zero-order valence-corrected chi connectivity index (χ0v) is 15.8. The van der Waals surface area contributed by atoms with Crippen LogP contribution in [0.2, 0.25) is 5.02 Å². The van der Waals surface area contributed by atoms with Crippen LogP contribution in [0.3, 0.4) is 0 Å². The molecule has 2 amide bonds. The number of carbonyl (C=O) groups is 2. The van der Waals surface area contributed by atoms with Crippen molar-refractivity contribution in [3.05, 3.63) is 65.2 Å². The van der Waals surface area contributed by atoms with E-state index in [4.69, 9.17) is 22.1 Å². The first-order chi connectivity index (χ1) is 13.0. The van der Waals surface area contributed by atoms with E-state index in [0.29, 0.717) is 36.0 Å². The molecule has 0 saturated carbocycles. The number of nitrogens with two attached hydrogens (primary N) is 1. The van der Waals surface area contributed by atoms with E-state index >= 15 is 0 Å². The second-order valence-corrected chi connectivity index (χ2v) is 7.52. The largest absolute Gasteiger partial charge is 0.493 e. The van der Waals surface area contributed by atoms with Gasteiger partial charge in [-0.1, -0.05) is 29.8 Å². The first kappa shape index (κ1) is 19.2. The molecule has 0 bridgehead atoms. The lowest BCUT2D eigenvalue weighted by Crippen LogP contribution is -2.50. The van der Waals surface area contributed by atoms with E-state index in [1.807, 2.05) is 18.2 Å². The Morgan fingerprint density at radius 1 is 1.11 bits per heavy atom. The number of amides is 2. The van der Waals surface area contributed by atoms with Crippen molar-refractivity contribution < 1.29 is 14.3 Å². The van der Waals surface area contributed by atoms with Crippen molar-refractivity contribution in [3.63, 3.8) is 0 Å². The molecule has 0 spiro atoms. The molecule has 2 aromatic rings. The average molecular weight is 387 g/mol. The lowest BCUT2D eigenvalue weighted by molar-refractivity contribution is -0.122. The van der Waals surface area contributed by atoms with Crippen LogP contribution in [0.1, 0.15) is 29.6 Å². The Labute approximate surface area is 164 Å². The molecule has 0 aliphatic carbocycles. The third kappa shape index (κ3) is 5.01. The second kappa shape index (κ2) is 8.44. The summed E-state index contributed by atoms with van der Waals surface area (Å²) in [5.74, 6) is 0.258. The first-order valence-corrected chi connectivity index (χ1v) is 9.36. The van der Waals surface area contributed by atoms with Crippen LogP contribution in [0.4, 0.5) is 0 Å². The fourth-order valence-corrected chi connectivity index (χ4v) is 3.72. The zero-order valence-electron chi connectivity index (χ0n) is 15.1. The Bertz CT molecular complexity index is 795. The maximum Gasteiger partial charge on any atom is 0.253 e. The number of piperidine rings is 1. The third-order valence-electron chi connectivity index (χ3n) is 4.88. The number of benzene rings is 2. The van der Waals surface area contributed by atoms with Gasteiger partial charge in [0.2, 0.25) is 5.91 Å². The zero-order chi connectivity index (χ0) is 19.3. The Hall–Kier alpha value is -2.53. The Kier molecular flexibility index (Phi) is 6.01. The number of hydrogen-bond donors (Lipinski definition) is 1. The minimum atomic E-state index is -0.492. The van der Waals surface area contributed by atoms with Gasteiger partial charge in [0.05, 0.1) is 6.61 Å². The number of ether oxygens (including phenoxy) is 1. The van der Waals surface area contributed by atoms with Crippen LogP contribution in [0, 0.1) is 5.41 Å². The number of likely N-dealkylation sites (tertiary alicyclic amines) is 1. The molecule has 1 unspecified atom stereocenters. The van der Waals surface area contributed by atoms with Crippen LogP contribution in [-0.4, -0.2) is 36.4 Å². The number of rotatable bonds is 6. The van der Waals surface area contributed by atoms with Crippen LogP contribution in [-0.2, 0) is 4.79 Å². The lowest BCUT2D eigenvalue weighted by Gasteiger charge is -2.42. The number of hydrogen-bond acceptors (Lipinski definition) is 3. The summed E-state index contributed by atoms with van der Waals surface area (Å²) in [4.78, 5) is 26.4. The van der Waals surface area contributed by atoms with Gasteiger partial charge in [0.1, 0.15) is 5.75 Å². The van der Waals surface area contributed by atoms with Crippen LogP contribution >= 0.6 is 11.6 Å². The van der Waals surface area contributed by atoms with Crippen LogP contribution < -0.4 is 10.5 Å². The van der Waals surface area contributed by atoms with Gasteiger partial charge in [-0.3, -0.25) is 9.59 Å². The molecule has 1 saturated heterocycles. The normalized spacial score (nSPS) is 19.5.